The van der Waals surface area contributed by atoms with Crippen molar-refractivity contribution in [3.63, 3.8) is 0 Å². The van der Waals surface area contributed by atoms with Gasteiger partial charge in [0.1, 0.15) is 17.5 Å². The highest BCUT2D eigenvalue weighted by Crippen LogP contribution is 2.34. The molecule has 1 aromatic rings. The molecule has 5 atom stereocenters. The van der Waals surface area contributed by atoms with Crippen molar-refractivity contribution in [3.8, 4) is 0 Å². The third-order valence-corrected chi connectivity index (χ3v) is 11.1. The lowest BCUT2D eigenvalue weighted by atomic mass is 9.82. The van der Waals surface area contributed by atoms with Gasteiger partial charge in [-0.3, -0.25) is 24.0 Å². The van der Waals surface area contributed by atoms with E-state index in [1.54, 1.807) is 5.38 Å². The number of hydrogen-bond acceptors (Lipinski definition) is 9. The van der Waals surface area contributed by atoms with E-state index in [4.69, 9.17) is 5.73 Å². The lowest BCUT2D eigenvalue weighted by Crippen LogP contribution is -2.61. The molecule has 5 N–H and O–H groups in total. The van der Waals surface area contributed by atoms with Gasteiger partial charge in [0.05, 0.1) is 6.04 Å². The van der Waals surface area contributed by atoms with Gasteiger partial charge in [-0.05, 0) is 54.1 Å². The smallest absolute Gasteiger partial charge is 0.316 e. The van der Waals surface area contributed by atoms with E-state index in [1.165, 1.54) is 53.5 Å². The fraction of sp³-hybridized carbons (Fsp3) is 0.727. The summed E-state index contributed by atoms with van der Waals surface area (Å²) in [5.41, 5.74) is 4.58. The van der Waals surface area contributed by atoms with Gasteiger partial charge in [0, 0.05) is 18.1 Å². The van der Waals surface area contributed by atoms with Gasteiger partial charge < -0.3 is 26.6 Å². The number of likely N-dealkylation sites (tertiary alicyclic amines) is 1. The van der Waals surface area contributed by atoms with E-state index in [1.807, 2.05) is 48.5 Å². The molecule has 2 aliphatic rings. The quantitative estimate of drug-likeness (QED) is 0.0875. The summed E-state index contributed by atoms with van der Waals surface area (Å²) >= 11 is 2.37. The normalized spacial score (nSPS) is 20.3. The maximum atomic E-state index is 14.3. The number of aromatic nitrogens is 1. The molecule has 47 heavy (non-hydrogen) atoms. The third kappa shape index (κ3) is 10.2. The Morgan fingerprint density at radius 2 is 1.72 bits per heavy atom. The van der Waals surface area contributed by atoms with Gasteiger partial charge in [-0.1, -0.05) is 67.7 Å². The first-order chi connectivity index (χ1) is 22.0. The van der Waals surface area contributed by atoms with E-state index in [2.05, 4.69) is 20.9 Å². The monoisotopic (exact) mass is 692 g/mol. The zero-order valence-electron chi connectivity index (χ0n) is 28.7. The zero-order valence-corrected chi connectivity index (χ0v) is 30.3. The van der Waals surface area contributed by atoms with Gasteiger partial charge in [0.15, 0.2) is 5.01 Å². The van der Waals surface area contributed by atoms with Crippen molar-refractivity contribution in [1.82, 2.24) is 25.8 Å². The number of ketones is 2. The van der Waals surface area contributed by atoms with Crippen LogP contribution in [0.25, 0.3) is 0 Å². The average Bonchev–Trinajstić information content (AvgIpc) is 3.66. The van der Waals surface area contributed by atoms with E-state index in [9.17, 15) is 28.8 Å². The van der Waals surface area contributed by atoms with Crippen LogP contribution in [-0.4, -0.2) is 81.0 Å². The van der Waals surface area contributed by atoms with Crippen molar-refractivity contribution in [2.24, 2.45) is 34.8 Å². The van der Waals surface area contributed by atoms with Gasteiger partial charge in [-0.15, -0.1) is 23.1 Å². The molecule has 14 heteroatoms. The second kappa shape index (κ2) is 16.9. The first-order valence-corrected chi connectivity index (χ1v) is 18.5. The molecule has 1 saturated heterocycles. The predicted octanol–water partition coefficient (Wildman–Crippen LogP) is 3.75. The van der Waals surface area contributed by atoms with Gasteiger partial charge in [-0.25, -0.2) is 9.78 Å². The number of carbonyl (C=O) groups excluding carboxylic acids is 6. The predicted molar refractivity (Wildman–Crippen MR) is 184 cm³/mol. The molecule has 1 saturated carbocycles. The molecule has 0 bridgehead atoms. The van der Waals surface area contributed by atoms with Gasteiger partial charge in [0.25, 0.3) is 11.7 Å². The second-order valence-corrected chi connectivity index (χ2v) is 16.5. The minimum Gasteiger partial charge on any atom is -0.363 e. The van der Waals surface area contributed by atoms with Crippen LogP contribution in [0.1, 0.15) is 96.8 Å². The maximum Gasteiger partial charge on any atom is 0.316 e. The Balaban J connectivity index is 1.78. The fourth-order valence-electron chi connectivity index (χ4n) is 6.12. The Bertz CT molecular complexity index is 1280. The van der Waals surface area contributed by atoms with Gasteiger partial charge >= 0.3 is 6.03 Å². The zero-order chi connectivity index (χ0) is 35.1. The Kier molecular flexibility index (Phi) is 13.8. The molecule has 0 spiro atoms. The van der Waals surface area contributed by atoms with Crippen molar-refractivity contribution < 1.29 is 28.8 Å². The number of thioether (sulfide) groups is 1. The highest BCUT2D eigenvalue weighted by molar-refractivity contribution is 8.00. The molecule has 0 radical (unpaired) electrons. The summed E-state index contributed by atoms with van der Waals surface area (Å²) in [4.78, 5) is 84.8. The van der Waals surface area contributed by atoms with E-state index in [0.717, 1.165) is 12.8 Å². The van der Waals surface area contributed by atoms with E-state index in [0.29, 0.717) is 18.1 Å². The summed E-state index contributed by atoms with van der Waals surface area (Å²) in [5, 5.41) is 9.08. The molecule has 262 valence electrons. The number of urea groups is 1. The Morgan fingerprint density at radius 3 is 2.23 bits per heavy atom. The number of nitrogens with one attached hydrogen (secondary N) is 3. The van der Waals surface area contributed by atoms with Crippen LogP contribution in [0, 0.1) is 29.1 Å². The number of amides is 5. The van der Waals surface area contributed by atoms with Crippen molar-refractivity contribution in [2.45, 2.75) is 110 Å². The number of primary amides is 1. The van der Waals surface area contributed by atoms with E-state index >= 15 is 0 Å². The summed E-state index contributed by atoms with van der Waals surface area (Å²) in [5.74, 6) is -2.48. The van der Waals surface area contributed by atoms with Crippen LogP contribution in [0.4, 0.5) is 4.79 Å². The largest absolute Gasteiger partial charge is 0.363 e. The van der Waals surface area contributed by atoms with Crippen LogP contribution in [0.3, 0.4) is 0 Å². The molecule has 1 aliphatic carbocycles. The Morgan fingerprint density at radius 1 is 1.04 bits per heavy atom. The Labute approximate surface area is 286 Å². The maximum absolute atomic E-state index is 14.3. The van der Waals surface area contributed by atoms with Crippen molar-refractivity contribution in [2.75, 3.05) is 12.3 Å². The lowest BCUT2D eigenvalue weighted by molar-refractivity contribution is -0.143. The molecule has 1 unspecified atom stereocenters. The van der Waals surface area contributed by atoms with Gasteiger partial charge in [-0.2, -0.15) is 0 Å². The Hall–Kier alpha value is -3.00. The summed E-state index contributed by atoms with van der Waals surface area (Å²) in [6, 6.07) is -3.52. The minimum absolute atomic E-state index is 0.0250. The molecule has 2 heterocycles. The molecular formula is C33H52N6O6S2. The molecule has 12 nitrogen and oxygen atoms in total. The minimum atomic E-state index is -1.16. The van der Waals surface area contributed by atoms with Crippen LogP contribution in [0.2, 0.25) is 0 Å². The van der Waals surface area contributed by atoms with Crippen LogP contribution in [0.5, 0.6) is 0 Å². The molecular weight excluding hydrogens is 641 g/mol. The van der Waals surface area contributed by atoms with Crippen molar-refractivity contribution >= 4 is 58.4 Å². The number of Topliss-reactive ketones (excluding diaryl/α,β-unsaturated/α-hetero) is 2. The number of nitrogens with zero attached hydrogens (tertiary/aromatic N) is 2. The second-order valence-electron chi connectivity index (χ2n) is 14.4. The topological polar surface area (TPSA) is 181 Å². The molecule has 3 rings (SSSR count). The molecule has 2 fully saturated rings. The third-order valence-electron chi connectivity index (χ3n) is 9.14. The van der Waals surface area contributed by atoms with Crippen molar-refractivity contribution in [1.29, 1.82) is 0 Å². The highest BCUT2D eigenvalue weighted by atomic mass is 32.2. The number of nitrogens with two attached hydrogens (primary N) is 1. The summed E-state index contributed by atoms with van der Waals surface area (Å²) in [7, 11) is 0. The van der Waals surface area contributed by atoms with Crippen LogP contribution in [0.15, 0.2) is 11.6 Å². The van der Waals surface area contributed by atoms with E-state index < -0.39 is 58.5 Å². The van der Waals surface area contributed by atoms with Crippen LogP contribution < -0.4 is 21.7 Å². The molecule has 1 aliphatic heterocycles. The number of rotatable bonds is 16. The van der Waals surface area contributed by atoms with Crippen LogP contribution in [-0.2, 0) is 19.2 Å². The van der Waals surface area contributed by atoms with Crippen LogP contribution >= 0.6 is 23.1 Å². The number of carbonyl (C=O) groups is 6. The molecule has 5 amide bonds. The standard InChI is InChI=1S/C33H52N6O6S2/c1-18(2)21-13-15-39(23(21)28(43)38-30(25(41)27(34)42)46-16-9-12-20-10-8-11-20)31(44)26(33(5,6)7)37-32(45)36-22(19(3)4)24(40)29-35-14-17-47-29/h14,17-23,26,30H,8-13,15-16H2,1-7H3,(H2,34,42)(H,38,43)(H2,36,37,45)/t21-,22+,23+,26-,30?/m1/s1. The molecule has 0 aromatic carbocycles. The first kappa shape index (κ1) is 38.4. The first-order valence-electron chi connectivity index (χ1n) is 16.6. The van der Waals surface area contributed by atoms with Crippen molar-refractivity contribution in [3.05, 3.63) is 16.6 Å². The average molecular weight is 693 g/mol. The summed E-state index contributed by atoms with van der Waals surface area (Å²) in [6.45, 7) is 13.3. The number of thiazole rings is 1. The lowest BCUT2D eigenvalue weighted by Gasteiger charge is -2.37. The number of hydrogen-bond donors (Lipinski definition) is 4. The summed E-state index contributed by atoms with van der Waals surface area (Å²) < 4.78 is 0. The van der Waals surface area contributed by atoms with E-state index in [-0.39, 0.29) is 35.1 Å². The SMILES string of the molecule is CC(C)[C@H](NC(=O)N[C@H](C(=O)N1CC[C@H](C(C)C)[C@H]1C(=O)NC(SCCCC1CCC1)C(=O)C(N)=O)C(C)(C)C)C(=O)c1nccs1. The fourth-order valence-corrected chi connectivity index (χ4v) is 7.77. The highest BCUT2D eigenvalue weighted by Gasteiger charge is 2.48. The molecule has 1 aromatic heterocycles. The summed E-state index contributed by atoms with van der Waals surface area (Å²) in [6.07, 6.45) is 7.62. The van der Waals surface area contributed by atoms with Gasteiger partial charge in [0.2, 0.25) is 17.6 Å².